The molecule has 31 heavy (non-hydrogen) atoms. The summed E-state index contributed by atoms with van der Waals surface area (Å²) in [5, 5.41) is 5.23. The number of benzene rings is 1. The lowest BCUT2D eigenvalue weighted by Crippen LogP contribution is -2.15. The summed E-state index contributed by atoms with van der Waals surface area (Å²) in [7, 11) is 0. The molecule has 2 heterocycles. The Morgan fingerprint density at radius 2 is 1.71 bits per heavy atom. The van der Waals surface area contributed by atoms with Crippen LogP contribution in [0.3, 0.4) is 0 Å². The van der Waals surface area contributed by atoms with E-state index in [1.54, 1.807) is 56.6 Å². The molecule has 0 aliphatic heterocycles. The van der Waals surface area contributed by atoms with E-state index in [9.17, 15) is 14.4 Å². The highest BCUT2D eigenvalue weighted by Crippen LogP contribution is 2.35. The third-order valence-electron chi connectivity index (χ3n) is 4.05. The SMILES string of the molecule is CCOC(=O)c1sc(NC(=O)c2ccc(Oc3nccs3)cc2)c(C(=O)OCC)c1C. The van der Waals surface area contributed by atoms with Gasteiger partial charge >= 0.3 is 11.9 Å². The van der Waals surface area contributed by atoms with Crippen molar-refractivity contribution >= 4 is 45.5 Å². The fourth-order valence-electron chi connectivity index (χ4n) is 2.65. The molecule has 0 aliphatic carbocycles. The van der Waals surface area contributed by atoms with Gasteiger partial charge < -0.3 is 19.5 Å². The molecular formula is C21H20N2O6S2. The standard InChI is InChI=1S/C21H20N2O6S2/c1-4-27-19(25)15-12(3)16(20(26)28-5-2)31-18(15)23-17(24)13-6-8-14(9-7-13)29-21-22-10-11-30-21/h6-11H,4-5H2,1-3H3,(H,23,24). The Balaban J connectivity index is 1.83. The average molecular weight is 461 g/mol. The molecule has 8 nitrogen and oxygen atoms in total. The molecule has 0 aliphatic rings. The van der Waals surface area contributed by atoms with Gasteiger partial charge in [-0.3, -0.25) is 4.79 Å². The monoisotopic (exact) mass is 460 g/mol. The van der Waals surface area contributed by atoms with Crippen molar-refractivity contribution in [1.29, 1.82) is 0 Å². The number of rotatable bonds is 8. The number of hydrogen-bond acceptors (Lipinski definition) is 9. The zero-order valence-corrected chi connectivity index (χ0v) is 18.7. The fourth-order valence-corrected chi connectivity index (χ4v) is 4.24. The normalized spacial score (nSPS) is 10.4. The first-order valence-corrected chi connectivity index (χ1v) is 11.1. The van der Waals surface area contributed by atoms with Gasteiger partial charge in [-0.25, -0.2) is 14.6 Å². The number of anilines is 1. The number of thiazole rings is 1. The minimum absolute atomic E-state index is 0.145. The number of ether oxygens (including phenoxy) is 3. The summed E-state index contributed by atoms with van der Waals surface area (Å²) >= 11 is 2.33. The van der Waals surface area contributed by atoms with Crippen LogP contribution in [0.4, 0.5) is 5.00 Å². The van der Waals surface area contributed by atoms with Crippen LogP contribution in [0.5, 0.6) is 10.9 Å². The van der Waals surface area contributed by atoms with E-state index in [2.05, 4.69) is 10.3 Å². The van der Waals surface area contributed by atoms with Crippen LogP contribution >= 0.6 is 22.7 Å². The van der Waals surface area contributed by atoms with Crippen LogP contribution < -0.4 is 10.1 Å². The minimum atomic E-state index is -0.616. The maximum atomic E-state index is 12.8. The summed E-state index contributed by atoms with van der Waals surface area (Å²) in [4.78, 5) is 41.7. The smallest absolute Gasteiger partial charge is 0.348 e. The predicted octanol–water partition coefficient (Wildman–Crippen LogP) is 4.91. The molecule has 0 saturated carbocycles. The zero-order chi connectivity index (χ0) is 22.4. The van der Waals surface area contributed by atoms with E-state index in [1.165, 1.54) is 11.3 Å². The molecule has 0 radical (unpaired) electrons. The van der Waals surface area contributed by atoms with Crippen LogP contribution in [0.1, 0.15) is 49.8 Å². The Bertz CT molecular complexity index is 1070. The van der Waals surface area contributed by atoms with Gasteiger partial charge in [-0.15, -0.1) is 11.3 Å². The molecule has 1 amide bonds. The highest BCUT2D eigenvalue weighted by Gasteiger charge is 2.27. The molecule has 0 spiro atoms. The molecule has 0 unspecified atom stereocenters. The van der Waals surface area contributed by atoms with E-state index in [0.29, 0.717) is 22.1 Å². The Kier molecular flexibility index (Phi) is 7.37. The fraction of sp³-hybridized carbons (Fsp3) is 0.238. The molecule has 2 aromatic heterocycles. The molecule has 162 valence electrons. The van der Waals surface area contributed by atoms with Gasteiger partial charge in [0.05, 0.1) is 18.8 Å². The van der Waals surface area contributed by atoms with Gasteiger partial charge in [0.1, 0.15) is 15.6 Å². The molecule has 0 atom stereocenters. The molecular weight excluding hydrogens is 440 g/mol. The first kappa shape index (κ1) is 22.4. The molecule has 3 aromatic rings. The van der Waals surface area contributed by atoms with E-state index in [4.69, 9.17) is 14.2 Å². The molecule has 10 heteroatoms. The number of esters is 2. The molecule has 3 rings (SSSR count). The van der Waals surface area contributed by atoms with Gasteiger partial charge in [0.25, 0.3) is 11.1 Å². The summed E-state index contributed by atoms with van der Waals surface area (Å²) < 4.78 is 15.7. The molecule has 1 aromatic carbocycles. The number of hydrogen-bond donors (Lipinski definition) is 1. The van der Waals surface area contributed by atoms with Gasteiger partial charge in [0.15, 0.2) is 0 Å². The van der Waals surface area contributed by atoms with Crippen LogP contribution in [0, 0.1) is 6.92 Å². The highest BCUT2D eigenvalue weighted by atomic mass is 32.1. The summed E-state index contributed by atoms with van der Waals surface area (Å²) in [6, 6.07) is 6.47. The van der Waals surface area contributed by atoms with E-state index < -0.39 is 17.8 Å². The van der Waals surface area contributed by atoms with E-state index >= 15 is 0 Å². The topological polar surface area (TPSA) is 104 Å². The summed E-state index contributed by atoms with van der Waals surface area (Å²) in [6.45, 7) is 5.35. The van der Waals surface area contributed by atoms with E-state index in [-0.39, 0.29) is 28.7 Å². The highest BCUT2D eigenvalue weighted by molar-refractivity contribution is 7.18. The van der Waals surface area contributed by atoms with Crippen LogP contribution in [0.25, 0.3) is 0 Å². The number of amides is 1. The zero-order valence-electron chi connectivity index (χ0n) is 17.1. The van der Waals surface area contributed by atoms with Crippen molar-refractivity contribution in [2.75, 3.05) is 18.5 Å². The van der Waals surface area contributed by atoms with Crippen molar-refractivity contribution in [1.82, 2.24) is 4.98 Å². The van der Waals surface area contributed by atoms with Crippen molar-refractivity contribution < 1.29 is 28.6 Å². The van der Waals surface area contributed by atoms with Crippen molar-refractivity contribution in [3.8, 4) is 10.9 Å². The third-order valence-corrected chi connectivity index (χ3v) is 5.88. The van der Waals surface area contributed by atoms with Crippen LogP contribution in [0.2, 0.25) is 0 Å². The van der Waals surface area contributed by atoms with Crippen LogP contribution in [-0.2, 0) is 9.47 Å². The van der Waals surface area contributed by atoms with Crippen molar-refractivity contribution in [2.45, 2.75) is 20.8 Å². The maximum Gasteiger partial charge on any atom is 0.348 e. The lowest BCUT2D eigenvalue weighted by molar-refractivity contribution is 0.0527. The minimum Gasteiger partial charge on any atom is -0.462 e. The van der Waals surface area contributed by atoms with Gasteiger partial charge in [-0.05, 0) is 50.6 Å². The van der Waals surface area contributed by atoms with Crippen LogP contribution in [0.15, 0.2) is 35.8 Å². The van der Waals surface area contributed by atoms with Gasteiger partial charge in [-0.2, -0.15) is 0 Å². The quantitative estimate of drug-likeness (QED) is 0.476. The molecule has 0 fully saturated rings. The maximum absolute atomic E-state index is 12.8. The lowest BCUT2D eigenvalue weighted by Gasteiger charge is -2.08. The number of carbonyl (C=O) groups is 3. The van der Waals surface area contributed by atoms with Crippen molar-refractivity contribution in [3.63, 3.8) is 0 Å². The second kappa shape index (κ2) is 10.2. The van der Waals surface area contributed by atoms with Crippen LogP contribution in [-0.4, -0.2) is 36.0 Å². The van der Waals surface area contributed by atoms with Crippen molar-refractivity contribution in [2.24, 2.45) is 0 Å². The van der Waals surface area contributed by atoms with Gasteiger partial charge in [-0.1, -0.05) is 11.3 Å². The Hall–Kier alpha value is -3.24. The molecule has 0 saturated heterocycles. The second-order valence-corrected chi connectivity index (χ2v) is 7.96. The van der Waals surface area contributed by atoms with Gasteiger partial charge in [0.2, 0.25) is 0 Å². The number of nitrogens with one attached hydrogen (secondary N) is 1. The predicted molar refractivity (Wildman–Crippen MR) is 118 cm³/mol. The molecule has 1 N–H and O–H groups in total. The summed E-state index contributed by atoms with van der Waals surface area (Å²) in [5.41, 5.74) is 0.904. The number of carbonyl (C=O) groups excluding carboxylic acids is 3. The lowest BCUT2D eigenvalue weighted by atomic mass is 10.1. The van der Waals surface area contributed by atoms with Gasteiger partial charge in [0, 0.05) is 17.1 Å². The average Bonchev–Trinajstić information content (AvgIpc) is 3.36. The number of thiophene rings is 1. The Labute approximate surface area is 186 Å². The Morgan fingerprint density at radius 1 is 1.03 bits per heavy atom. The number of nitrogens with zero attached hydrogens (tertiary/aromatic N) is 1. The third kappa shape index (κ3) is 5.28. The number of aromatic nitrogens is 1. The summed E-state index contributed by atoms with van der Waals surface area (Å²) in [5.74, 6) is -1.08. The van der Waals surface area contributed by atoms with E-state index in [0.717, 1.165) is 11.3 Å². The first-order chi connectivity index (χ1) is 14.9. The largest absolute Gasteiger partial charge is 0.462 e. The van der Waals surface area contributed by atoms with Crippen molar-refractivity contribution in [3.05, 3.63) is 57.4 Å². The molecule has 0 bridgehead atoms. The Morgan fingerprint density at radius 3 is 2.32 bits per heavy atom. The van der Waals surface area contributed by atoms with E-state index in [1.807, 2.05) is 0 Å². The summed E-state index contributed by atoms with van der Waals surface area (Å²) in [6.07, 6.45) is 1.64. The first-order valence-electron chi connectivity index (χ1n) is 9.41. The second-order valence-electron chi connectivity index (χ2n) is 6.08.